The van der Waals surface area contributed by atoms with Crippen LogP contribution in [0.1, 0.15) is 39.2 Å². The first-order chi connectivity index (χ1) is 6.40. The van der Waals surface area contributed by atoms with E-state index in [0.29, 0.717) is 5.15 Å². The van der Waals surface area contributed by atoms with Gasteiger partial charge in [-0.05, 0) is 17.9 Å². The van der Waals surface area contributed by atoms with Gasteiger partial charge in [-0.3, -0.25) is 0 Å². The molecule has 1 aromatic heterocycles. The molecule has 78 valence electrons. The van der Waals surface area contributed by atoms with E-state index in [4.69, 9.17) is 11.6 Å². The average Bonchev–Trinajstić information content (AvgIpc) is 1.99. The lowest BCUT2D eigenvalue weighted by Gasteiger charge is -2.16. The third kappa shape index (κ3) is 3.62. The summed E-state index contributed by atoms with van der Waals surface area (Å²) >= 11 is 5.91. The van der Waals surface area contributed by atoms with Gasteiger partial charge in [0.2, 0.25) is 0 Å². The van der Waals surface area contributed by atoms with Crippen molar-refractivity contribution in [3.05, 3.63) is 22.7 Å². The quantitative estimate of drug-likeness (QED) is 0.704. The highest BCUT2D eigenvalue weighted by molar-refractivity contribution is 6.29. The first kappa shape index (κ1) is 11.4. The number of nitrogens with zero attached hydrogens (tertiary/aromatic N) is 2. The molecule has 0 amide bonds. The van der Waals surface area contributed by atoms with Crippen LogP contribution >= 0.6 is 11.6 Å². The number of hydrogen-bond donors (Lipinski definition) is 0. The first-order valence-corrected chi connectivity index (χ1v) is 5.31. The third-order valence-corrected chi connectivity index (χ3v) is 2.04. The molecule has 14 heavy (non-hydrogen) atoms. The number of aromatic nitrogens is 2. The van der Waals surface area contributed by atoms with Gasteiger partial charge in [0.25, 0.3) is 0 Å². The Balaban J connectivity index is 2.92. The highest BCUT2D eigenvalue weighted by atomic mass is 35.5. The van der Waals surface area contributed by atoms with E-state index in [1.165, 1.54) is 0 Å². The Morgan fingerprint density at radius 2 is 1.93 bits per heavy atom. The molecule has 0 atom stereocenters. The second-order valence-electron chi connectivity index (χ2n) is 4.69. The van der Waals surface area contributed by atoms with Gasteiger partial charge < -0.3 is 0 Å². The zero-order valence-electron chi connectivity index (χ0n) is 9.26. The summed E-state index contributed by atoms with van der Waals surface area (Å²) in [7, 11) is 0. The van der Waals surface area contributed by atoms with Crippen LogP contribution in [0.25, 0.3) is 0 Å². The summed E-state index contributed by atoms with van der Waals surface area (Å²) < 4.78 is 0. The van der Waals surface area contributed by atoms with Crippen molar-refractivity contribution in [3.63, 3.8) is 0 Å². The van der Waals surface area contributed by atoms with Gasteiger partial charge in [0, 0.05) is 12.1 Å². The minimum Gasteiger partial charge on any atom is -0.238 e. The average molecular weight is 213 g/mol. The molecule has 3 heteroatoms. The maximum Gasteiger partial charge on any atom is 0.133 e. The Morgan fingerprint density at radius 3 is 2.43 bits per heavy atom. The van der Waals surface area contributed by atoms with Gasteiger partial charge in [0.15, 0.2) is 0 Å². The van der Waals surface area contributed by atoms with E-state index in [1.54, 1.807) is 0 Å². The molecule has 2 nitrogen and oxygen atoms in total. The highest BCUT2D eigenvalue weighted by Crippen LogP contribution is 2.19. The lowest BCUT2D eigenvalue weighted by atomic mass is 9.92. The largest absolute Gasteiger partial charge is 0.238 e. The predicted molar refractivity (Wildman–Crippen MR) is 59.6 cm³/mol. The van der Waals surface area contributed by atoms with Crippen molar-refractivity contribution in [3.8, 4) is 0 Å². The molecular formula is C11H17ClN2. The molecular weight excluding hydrogens is 196 g/mol. The van der Waals surface area contributed by atoms with Crippen molar-refractivity contribution in [2.45, 2.75) is 40.5 Å². The second-order valence-corrected chi connectivity index (χ2v) is 5.08. The van der Waals surface area contributed by atoms with E-state index in [1.807, 2.05) is 6.07 Å². The Kier molecular flexibility index (Phi) is 3.48. The molecule has 0 saturated heterocycles. The molecule has 0 fully saturated rings. The number of hydrogen-bond acceptors (Lipinski definition) is 2. The molecule has 1 aromatic rings. The SMILES string of the molecule is CCc1cc(Cl)nc(CC(C)(C)C)n1. The maximum absolute atomic E-state index is 5.91. The molecule has 0 bridgehead atoms. The second kappa shape index (κ2) is 4.26. The predicted octanol–water partition coefficient (Wildman–Crippen LogP) is 3.28. The summed E-state index contributed by atoms with van der Waals surface area (Å²) in [6.45, 7) is 8.58. The zero-order valence-corrected chi connectivity index (χ0v) is 10.0. The van der Waals surface area contributed by atoms with Crippen molar-refractivity contribution in [2.24, 2.45) is 5.41 Å². The fourth-order valence-corrected chi connectivity index (χ4v) is 1.47. The summed E-state index contributed by atoms with van der Waals surface area (Å²) in [5.41, 5.74) is 1.22. The molecule has 0 saturated carbocycles. The van der Waals surface area contributed by atoms with Crippen LogP contribution < -0.4 is 0 Å². The van der Waals surface area contributed by atoms with Crippen molar-refractivity contribution in [2.75, 3.05) is 0 Å². The van der Waals surface area contributed by atoms with Crippen LogP contribution in [0.2, 0.25) is 5.15 Å². The fourth-order valence-electron chi connectivity index (χ4n) is 1.25. The Morgan fingerprint density at radius 1 is 1.29 bits per heavy atom. The molecule has 1 rings (SSSR count). The van der Waals surface area contributed by atoms with Gasteiger partial charge in [0.1, 0.15) is 11.0 Å². The number of aryl methyl sites for hydroxylation is 1. The third-order valence-electron chi connectivity index (χ3n) is 1.84. The molecule has 0 spiro atoms. The minimum absolute atomic E-state index is 0.204. The van der Waals surface area contributed by atoms with Crippen LogP contribution in [-0.4, -0.2) is 9.97 Å². The molecule has 0 unspecified atom stereocenters. The Labute approximate surface area is 90.7 Å². The maximum atomic E-state index is 5.91. The van der Waals surface area contributed by atoms with Crippen LogP contribution in [0.4, 0.5) is 0 Å². The van der Waals surface area contributed by atoms with E-state index in [-0.39, 0.29) is 5.41 Å². The molecule has 1 heterocycles. The van der Waals surface area contributed by atoms with E-state index in [0.717, 1.165) is 24.4 Å². The monoisotopic (exact) mass is 212 g/mol. The van der Waals surface area contributed by atoms with Crippen molar-refractivity contribution < 1.29 is 0 Å². The fraction of sp³-hybridized carbons (Fsp3) is 0.636. The minimum atomic E-state index is 0.204. The van der Waals surface area contributed by atoms with Gasteiger partial charge in [-0.15, -0.1) is 0 Å². The lowest BCUT2D eigenvalue weighted by Crippen LogP contribution is -2.12. The smallest absolute Gasteiger partial charge is 0.133 e. The topological polar surface area (TPSA) is 25.8 Å². The molecule has 0 aliphatic carbocycles. The van der Waals surface area contributed by atoms with Crippen molar-refractivity contribution >= 4 is 11.6 Å². The van der Waals surface area contributed by atoms with Gasteiger partial charge >= 0.3 is 0 Å². The number of rotatable bonds is 2. The van der Waals surface area contributed by atoms with E-state index < -0.39 is 0 Å². The Hall–Kier alpha value is -0.630. The van der Waals surface area contributed by atoms with Crippen LogP contribution in [-0.2, 0) is 12.8 Å². The molecule has 0 aliphatic heterocycles. The van der Waals surface area contributed by atoms with Crippen molar-refractivity contribution in [1.29, 1.82) is 0 Å². The zero-order chi connectivity index (χ0) is 10.8. The first-order valence-electron chi connectivity index (χ1n) is 4.93. The molecule has 0 radical (unpaired) electrons. The normalized spacial score (nSPS) is 11.8. The van der Waals surface area contributed by atoms with Gasteiger partial charge in [-0.25, -0.2) is 9.97 Å². The number of halogens is 1. The summed E-state index contributed by atoms with van der Waals surface area (Å²) in [5.74, 6) is 0.849. The summed E-state index contributed by atoms with van der Waals surface area (Å²) in [4.78, 5) is 8.66. The van der Waals surface area contributed by atoms with Gasteiger partial charge in [-0.2, -0.15) is 0 Å². The summed E-state index contributed by atoms with van der Waals surface area (Å²) in [5, 5.41) is 0.552. The lowest BCUT2D eigenvalue weighted by molar-refractivity contribution is 0.400. The Bertz CT molecular complexity index is 316. The van der Waals surface area contributed by atoms with Crippen LogP contribution in [0.3, 0.4) is 0 Å². The van der Waals surface area contributed by atoms with Gasteiger partial charge in [-0.1, -0.05) is 39.3 Å². The van der Waals surface area contributed by atoms with Crippen LogP contribution in [0.5, 0.6) is 0 Å². The molecule has 0 N–H and O–H groups in total. The summed E-state index contributed by atoms with van der Waals surface area (Å²) in [6, 6.07) is 1.83. The van der Waals surface area contributed by atoms with Crippen molar-refractivity contribution in [1.82, 2.24) is 9.97 Å². The van der Waals surface area contributed by atoms with E-state index in [2.05, 4.69) is 37.7 Å². The highest BCUT2D eigenvalue weighted by Gasteiger charge is 2.14. The standard InChI is InChI=1S/C11H17ClN2/c1-5-8-6-9(12)14-10(13-8)7-11(2,3)4/h6H,5,7H2,1-4H3. The summed E-state index contributed by atoms with van der Waals surface area (Å²) in [6.07, 6.45) is 1.76. The van der Waals surface area contributed by atoms with Crippen LogP contribution in [0, 0.1) is 5.41 Å². The molecule has 0 aromatic carbocycles. The van der Waals surface area contributed by atoms with Gasteiger partial charge in [0.05, 0.1) is 0 Å². The van der Waals surface area contributed by atoms with Crippen LogP contribution in [0.15, 0.2) is 6.07 Å². The van der Waals surface area contributed by atoms with E-state index in [9.17, 15) is 0 Å². The van der Waals surface area contributed by atoms with E-state index >= 15 is 0 Å². The molecule has 0 aliphatic rings.